The van der Waals surface area contributed by atoms with Crippen LogP contribution in [-0.2, 0) is 17.8 Å². The van der Waals surface area contributed by atoms with Gasteiger partial charge in [-0.1, -0.05) is 42.5 Å². The minimum absolute atomic E-state index is 0.512. The molecule has 0 aliphatic rings. The van der Waals surface area contributed by atoms with Gasteiger partial charge in [-0.15, -0.1) is 0 Å². The van der Waals surface area contributed by atoms with Crippen LogP contribution in [0.25, 0.3) is 0 Å². The van der Waals surface area contributed by atoms with Crippen molar-refractivity contribution in [2.75, 3.05) is 7.11 Å². The number of methoxy groups -OCH3 is 1. The fraction of sp³-hybridized carbons (Fsp3) is 0.235. The van der Waals surface area contributed by atoms with E-state index >= 15 is 0 Å². The Kier molecular flexibility index (Phi) is 5.56. The third-order valence-corrected chi connectivity index (χ3v) is 3.34. The van der Waals surface area contributed by atoms with Crippen molar-refractivity contribution in [2.45, 2.75) is 19.4 Å². The summed E-state index contributed by atoms with van der Waals surface area (Å²) in [7, 11) is 1.66. The Hall–Kier alpha value is -1.87. The Balaban J connectivity index is 1.74. The van der Waals surface area contributed by atoms with Crippen molar-refractivity contribution >= 4 is 17.3 Å². The second-order valence-corrected chi connectivity index (χ2v) is 4.95. The van der Waals surface area contributed by atoms with Crippen LogP contribution in [0.4, 0.5) is 0 Å². The smallest absolute Gasteiger partial charge is 0.160 e. The molecule has 0 unspecified atom stereocenters. The normalized spacial score (nSPS) is 10.1. The predicted molar refractivity (Wildman–Crippen MR) is 85.1 cm³/mol. The first-order chi connectivity index (χ1) is 9.78. The Morgan fingerprint density at radius 3 is 2.30 bits per heavy atom. The van der Waals surface area contributed by atoms with Gasteiger partial charge in [-0.2, -0.15) is 0 Å². The van der Waals surface area contributed by atoms with Crippen molar-refractivity contribution in [2.24, 2.45) is 0 Å². The van der Waals surface area contributed by atoms with Gasteiger partial charge in [0.15, 0.2) is 5.05 Å². The molecule has 0 aliphatic heterocycles. The highest BCUT2D eigenvalue weighted by Crippen LogP contribution is 2.12. The molecular formula is C17H18O2S. The minimum Gasteiger partial charge on any atom is -0.497 e. The van der Waals surface area contributed by atoms with E-state index in [1.807, 2.05) is 42.5 Å². The van der Waals surface area contributed by atoms with E-state index in [-0.39, 0.29) is 0 Å². The van der Waals surface area contributed by atoms with E-state index in [9.17, 15) is 0 Å². The summed E-state index contributed by atoms with van der Waals surface area (Å²) in [6, 6.07) is 18.1. The zero-order chi connectivity index (χ0) is 14.2. The average Bonchev–Trinajstić information content (AvgIpc) is 2.52. The van der Waals surface area contributed by atoms with Crippen LogP contribution in [0.3, 0.4) is 0 Å². The van der Waals surface area contributed by atoms with Crippen molar-refractivity contribution in [1.82, 2.24) is 0 Å². The number of thiocarbonyl (C=S) groups is 1. The summed E-state index contributed by atoms with van der Waals surface area (Å²) in [5.74, 6) is 0.848. The number of rotatable bonds is 6. The summed E-state index contributed by atoms with van der Waals surface area (Å²) in [6.45, 7) is 0.512. The van der Waals surface area contributed by atoms with Crippen LogP contribution in [-0.4, -0.2) is 12.2 Å². The quantitative estimate of drug-likeness (QED) is 0.742. The van der Waals surface area contributed by atoms with Crippen molar-refractivity contribution in [3.8, 4) is 5.75 Å². The van der Waals surface area contributed by atoms with Crippen LogP contribution in [0.2, 0.25) is 0 Å². The van der Waals surface area contributed by atoms with Gasteiger partial charge < -0.3 is 9.47 Å². The molecule has 0 fully saturated rings. The Labute approximate surface area is 125 Å². The third kappa shape index (κ3) is 4.67. The molecule has 0 N–H and O–H groups in total. The maximum atomic E-state index is 5.61. The fourth-order valence-corrected chi connectivity index (χ4v) is 2.01. The monoisotopic (exact) mass is 286 g/mol. The van der Waals surface area contributed by atoms with Crippen LogP contribution < -0.4 is 4.74 Å². The zero-order valence-electron chi connectivity index (χ0n) is 11.5. The first-order valence-corrected chi connectivity index (χ1v) is 7.01. The number of hydrogen-bond donors (Lipinski definition) is 0. The lowest BCUT2D eigenvalue weighted by Gasteiger charge is -2.08. The molecule has 3 heteroatoms. The van der Waals surface area contributed by atoms with Crippen molar-refractivity contribution in [3.63, 3.8) is 0 Å². The predicted octanol–water partition coefficient (Wildman–Crippen LogP) is 4.17. The molecule has 104 valence electrons. The highest BCUT2D eigenvalue weighted by atomic mass is 32.1. The van der Waals surface area contributed by atoms with Gasteiger partial charge in [0.2, 0.25) is 0 Å². The van der Waals surface area contributed by atoms with Crippen molar-refractivity contribution in [1.29, 1.82) is 0 Å². The molecule has 0 bridgehead atoms. The summed E-state index contributed by atoms with van der Waals surface area (Å²) in [4.78, 5) is 0. The summed E-state index contributed by atoms with van der Waals surface area (Å²) in [5.41, 5.74) is 2.37. The highest BCUT2D eigenvalue weighted by Gasteiger charge is 2.01. The molecule has 0 radical (unpaired) electrons. The molecule has 0 aliphatic carbocycles. The van der Waals surface area contributed by atoms with Gasteiger partial charge in [0.25, 0.3) is 0 Å². The van der Waals surface area contributed by atoms with Crippen molar-refractivity contribution in [3.05, 3.63) is 65.7 Å². The molecule has 2 rings (SSSR count). The minimum atomic E-state index is 0.512. The standard InChI is InChI=1S/C17H18O2S/c1-18-16-10-7-15(8-11-16)13-19-17(20)12-9-14-5-3-2-4-6-14/h2-8,10-11H,9,12-13H2,1H3. The fourth-order valence-electron chi connectivity index (χ4n) is 1.85. The summed E-state index contributed by atoms with van der Waals surface area (Å²) in [6.07, 6.45) is 1.69. The maximum Gasteiger partial charge on any atom is 0.160 e. The molecule has 0 saturated heterocycles. The lowest BCUT2D eigenvalue weighted by Crippen LogP contribution is -2.03. The van der Waals surface area contributed by atoms with Gasteiger partial charge in [0.05, 0.1) is 7.11 Å². The third-order valence-electron chi connectivity index (χ3n) is 3.02. The van der Waals surface area contributed by atoms with E-state index in [1.165, 1.54) is 5.56 Å². The first kappa shape index (κ1) is 14.5. The van der Waals surface area contributed by atoms with E-state index in [2.05, 4.69) is 12.1 Å². The second-order valence-electron chi connectivity index (χ2n) is 4.49. The van der Waals surface area contributed by atoms with Crippen LogP contribution >= 0.6 is 12.2 Å². The molecule has 0 atom stereocenters. The number of aryl methyl sites for hydroxylation is 1. The van der Waals surface area contributed by atoms with Gasteiger partial charge in [0, 0.05) is 6.42 Å². The molecular weight excluding hydrogens is 268 g/mol. The number of ether oxygens (including phenoxy) is 2. The van der Waals surface area contributed by atoms with E-state index in [4.69, 9.17) is 21.7 Å². The summed E-state index contributed by atoms with van der Waals surface area (Å²) in [5, 5.41) is 0.657. The lowest BCUT2D eigenvalue weighted by molar-refractivity contribution is 0.292. The van der Waals surface area contributed by atoms with Gasteiger partial charge in [-0.25, -0.2) is 0 Å². The zero-order valence-corrected chi connectivity index (χ0v) is 12.4. The Morgan fingerprint density at radius 2 is 1.65 bits per heavy atom. The van der Waals surface area contributed by atoms with Gasteiger partial charge in [-0.3, -0.25) is 0 Å². The van der Waals surface area contributed by atoms with Crippen LogP contribution in [0.1, 0.15) is 17.5 Å². The Bertz CT molecular complexity index is 535. The molecule has 2 nitrogen and oxygen atoms in total. The van der Waals surface area contributed by atoms with Gasteiger partial charge >= 0.3 is 0 Å². The Morgan fingerprint density at radius 1 is 0.950 bits per heavy atom. The SMILES string of the molecule is COc1ccc(COC(=S)CCc2ccccc2)cc1. The average molecular weight is 286 g/mol. The van der Waals surface area contributed by atoms with Crippen LogP contribution in [0.15, 0.2) is 54.6 Å². The van der Waals surface area contributed by atoms with Gasteiger partial charge in [0.1, 0.15) is 12.4 Å². The molecule has 2 aromatic rings. The lowest BCUT2D eigenvalue weighted by atomic mass is 10.1. The van der Waals surface area contributed by atoms with Crippen LogP contribution in [0.5, 0.6) is 5.75 Å². The number of hydrogen-bond acceptors (Lipinski definition) is 3. The largest absolute Gasteiger partial charge is 0.497 e. The maximum absolute atomic E-state index is 5.61. The summed E-state index contributed by atoms with van der Waals surface area (Å²) >= 11 is 5.25. The highest BCUT2D eigenvalue weighted by molar-refractivity contribution is 7.80. The topological polar surface area (TPSA) is 18.5 Å². The summed E-state index contributed by atoms with van der Waals surface area (Å²) < 4.78 is 10.7. The first-order valence-electron chi connectivity index (χ1n) is 6.60. The molecule has 0 aromatic heterocycles. The molecule has 0 heterocycles. The van der Waals surface area contributed by atoms with E-state index < -0.39 is 0 Å². The molecule has 0 amide bonds. The molecule has 0 saturated carbocycles. The molecule has 0 spiro atoms. The van der Waals surface area contributed by atoms with Gasteiger partial charge in [-0.05, 0) is 41.9 Å². The van der Waals surface area contributed by atoms with E-state index in [0.29, 0.717) is 11.7 Å². The van der Waals surface area contributed by atoms with E-state index in [0.717, 1.165) is 24.2 Å². The number of benzene rings is 2. The second kappa shape index (κ2) is 7.65. The van der Waals surface area contributed by atoms with Crippen molar-refractivity contribution < 1.29 is 9.47 Å². The van der Waals surface area contributed by atoms with E-state index in [1.54, 1.807) is 7.11 Å². The van der Waals surface area contributed by atoms with Crippen LogP contribution in [0, 0.1) is 0 Å². The molecule has 2 aromatic carbocycles. The molecule has 20 heavy (non-hydrogen) atoms.